The average Bonchev–Trinajstić information content (AvgIpc) is 2.76. The first-order valence-electron chi connectivity index (χ1n) is 5.20. The molecule has 0 aliphatic rings. The van der Waals surface area contributed by atoms with Gasteiger partial charge in [0.1, 0.15) is 11.6 Å². The van der Waals surface area contributed by atoms with Crippen LogP contribution in [0.15, 0.2) is 28.2 Å². The summed E-state index contributed by atoms with van der Waals surface area (Å²) in [4.78, 5) is 10.7. The maximum Gasteiger partial charge on any atom is 0.137 e. The number of halogens is 1. The number of nitrogens with zero attached hydrogens (tertiary/aromatic N) is 3. The summed E-state index contributed by atoms with van der Waals surface area (Å²) < 4.78 is 1.08. The van der Waals surface area contributed by atoms with E-state index in [1.54, 1.807) is 17.5 Å². The van der Waals surface area contributed by atoms with Gasteiger partial charge in [0.05, 0.1) is 5.00 Å². The Morgan fingerprint density at radius 2 is 2.35 bits per heavy atom. The highest BCUT2D eigenvalue weighted by Crippen LogP contribution is 2.31. The predicted molar refractivity (Wildman–Crippen MR) is 74.9 cm³/mol. The highest BCUT2D eigenvalue weighted by Gasteiger charge is 2.08. The number of thiophene rings is 1. The van der Waals surface area contributed by atoms with E-state index < -0.39 is 0 Å². The van der Waals surface area contributed by atoms with Crippen molar-refractivity contribution in [2.45, 2.75) is 6.42 Å². The molecule has 0 atom stereocenters. The maximum atomic E-state index is 5.50. The Labute approximate surface area is 113 Å². The minimum Gasteiger partial charge on any atom is -0.330 e. The van der Waals surface area contributed by atoms with Gasteiger partial charge in [0.25, 0.3) is 0 Å². The van der Waals surface area contributed by atoms with Crippen molar-refractivity contribution in [2.24, 2.45) is 5.73 Å². The molecular formula is C11H13BrN4S. The molecule has 0 aliphatic carbocycles. The number of aromatic nitrogens is 2. The van der Waals surface area contributed by atoms with Crippen LogP contribution < -0.4 is 10.6 Å². The zero-order chi connectivity index (χ0) is 12.3. The lowest BCUT2D eigenvalue weighted by molar-refractivity contribution is 0.862. The summed E-state index contributed by atoms with van der Waals surface area (Å²) >= 11 is 5.11. The Morgan fingerprint density at radius 1 is 1.53 bits per heavy atom. The number of hydrogen-bond donors (Lipinski definition) is 1. The average molecular weight is 313 g/mol. The van der Waals surface area contributed by atoms with Crippen molar-refractivity contribution in [3.8, 4) is 0 Å². The molecule has 0 amide bonds. The van der Waals surface area contributed by atoms with Crippen molar-refractivity contribution in [3.05, 3.63) is 34.0 Å². The third-order valence-electron chi connectivity index (χ3n) is 2.29. The van der Waals surface area contributed by atoms with E-state index in [4.69, 9.17) is 5.73 Å². The third-order valence-corrected chi connectivity index (χ3v) is 4.05. The number of rotatable bonds is 4. The van der Waals surface area contributed by atoms with Crippen molar-refractivity contribution in [1.29, 1.82) is 0 Å². The molecule has 0 saturated carbocycles. The van der Waals surface area contributed by atoms with Gasteiger partial charge in [0, 0.05) is 29.5 Å². The molecule has 0 aromatic carbocycles. The molecule has 0 unspecified atom stereocenters. The van der Waals surface area contributed by atoms with Crippen LogP contribution in [0.2, 0.25) is 0 Å². The zero-order valence-electron chi connectivity index (χ0n) is 9.43. The van der Waals surface area contributed by atoms with Crippen LogP contribution >= 0.6 is 27.3 Å². The van der Waals surface area contributed by atoms with Gasteiger partial charge in [-0.1, -0.05) is 0 Å². The fourth-order valence-corrected chi connectivity index (χ4v) is 2.81. The van der Waals surface area contributed by atoms with E-state index in [9.17, 15) is 0 Å². The highest BCUT2D eigenvalue weighted by atomic mass is 79.9. The van der Waals surface area contributed by atoms with E-state index in [0.717, 1.165) is 21.1 Å². The quantitative estimate of drug-likeness (QED) is 0.942. The van der Waals surface area contributed by atoms with Crippen LogP contribution in [-0.2, 0) is 6.42 Å². The van der Waals surface area contributed by atoms with Gasteiger partial charge in [0.15, 0.2) is 0 Å². The smallest absolute Gasteiger partial charge is 0.137 e. The molecule has 4 nitrogen and oxygen atoms in total. The van der Waals surface area contributed by atoms with E-state index in [1.165, 1.54) is 0 Å². The lowest BCUT2D eigenvalue weighted by Gasteiger charge is -2.16. The highest BCUT2D eigenvalue weighted by molar-refractivity contribution is 9.10. The van der Waals surface area contributed by atoms with Crippen molar-refractivity contribution in [2.75, 3.05) is 18.5 Å². The van der Waals surface area contributed by atoms with Gasteiger partial charge in [-0.3, -0.25) is 0 Å². The Kier molecular flexibility index (Phi) is 4.09. The van der Waals surface area contributed by atoms with Crippen molar-refractivity contribution in [1.82, 2.24) is 9.97 Å². The molecule has 2 aromatic rings. The molecule has 0 aliphatic heterocycles. The van der Waals surface area contributed by atoms with Crippen LogP contribution in [0.3, 0.4) is 0 Å². The van der Waals surface area contributed by atoms with Gasteiger partial charge in [-0.15, -0.1) is 11.3 Å². The summed E-state index contributed by atoms with van der Waals surface area (Å²) in [5.41, 5.74) is 5.50. The molecule has 0 fully saturated rings. The number of anilines is 2. The topological polar surface area (TPSA) is 55.0 Å². The van der Waals surface area contributed by atoms with Gasteiger partial charge >= 0.3 is 0 Å². The van der Waals surface area contributed by atoms with E-state index >= 15 is 0 Å². The van der Waals surface area contributed by atoms with Crippen LogP contribution in [0.25, 0.3) is 0 Å². The zero-order valence-corrected chi connectivity index (χ0v) is 11.8. The molecule has 17 heavy (non-hydrogen) atoms. The van der Waals surface area contributed by atoms with Crippen LogP contribution in [-0.4, -0.2) is 23.6 Å². The summed E-state index contributed by atoms with van der Waals surface area (Å²) in [5, 5.41) is 3.18. The van der Waals surface area contributed by atoms with Crippen LogP contribution in [0.5, 0.6) is 0 Å². The third kappa shape index (κ3) is 3.02. The first-order valence-corrected chi connectivity index (χ1v) is 6.87. The second kappa shape index (κ2) is 5.57. The Balaban J connectivity index is 2.24. The lowest BCUT2D eigenvalue weighted by Crippen LogP contribution is -2.13. The van der Waals surface area contributed by atoms with Gasteiger partial charge in [-0.2, -0.15) is 0 Å². The summed E-state index contributed by atoms with van der Waals surface area (Å²) in [6, 6.07) is 3.96. The maximum absolute atomic E-state index is 5.50. The van der Waals surface area contributed by atoms with Crippen molar-refractivity contribution in [3.63, 3.8) is 0 Å². The molecule has 6 heteroatoms. The molecule has 0 saturated heterocycles. The van der Waals surface area contributed by atoms with E-state index in [-0.39, 0.29) is 0 Å². The minimum absolute atomic E-state index is 0.567. The molecule has 2 heterocycles. The Hall–Kier alpha value is -0.980. The molecule has 90 valence electrons. The minimum atomic E-state index is 0.567. The van der Waals surface area contributed by atoms with Gasteiger partial charge in [-0.25, -0.2) is 9.97 Å². The molecule has 0 spiro atoms. The second-order valence-corrected chi connectivity index (χ2v) is 5.34. The molecular weight excluding hydrogens is 300 g/mol. The molecule has 2 rings (SSSR count). The van der Waals surface area contributed by atoms with Crippen LogP contribution in [0, 0.1) is 0 Å². The van der Waals surface area contributed by atoms with Gasteiger partial charge in [-0.05, 0) is 34.6 Å². The predicted octanol–water partition coefficient (Wildman–Crippen LogP) is 2.57. The largest absolute Gasteiger partial charge is 0.330 e. The van der Waals surface area contributed by atoms with Crippen LogP contribution in [0.4, 0.5) is 10.8 Å². The molecule has 2 aromatic heterocycles. The van der Waals surface area contributed by atoms with Crippen LogP contribution in [0.1, 0.15) is 5.82 Å². The lowest BCUT2D eigenvalue weighted by atomic mass is 10.4. The summed E-state index contributed by atoms with van der Waals surface area (Å²) in [5.74, 6) is 1.67. The van der Waals surface area contributed by atoms with E-state index in [2.05, 4.69) is 32.0 Å². The summed E-state index contributed by atoms with van der Waals surface area (Å²) in [6.45, 7) is 0.567. The van der Waals surface area contributed by atoms with Gasteiger partial charge < -0.3 is 10.6 Å². The first kappa shape index (κ1) is 12.5. The molecule has 0 radical (unpaired) electrons. The SMILES string of the molecule is CN(c1ccnc(CCN)n1)c1cc(Br)cs1. The fourth-order valence-electron chi connectivity index (χ4n) is 1.42. The standard InChI is InChI=1S/C11H13BrN4S/c1-16(11-6-8(12)7-17-11)10-3-5-14-9(15-10)2-4-13/h3,5-7H,2,4,13H2,1H3. The van der Waals surface area contributed by atoms with E-state index in [1.807, 2.05) is 23.4 Å². The second-order valence-electron chi connectivity index (χ2n) is 3.53. The Morgan fingerprint density at radius 3 is 3.00 bits per heavy atom. The fraction of sp³-hybridized carbons (Fsp3) is 0.273. The first-order chi connectivity index (χ1) is 8.20. The number of nitrogens with two attached hydrogens (primary N) is 1. The van der Waals surface area contributed by atoms with Gasteiger partial charge in [0.2, 0.25) is 0 Å². The van der Waals surface area contributed by atoms with Crippen molar-refractivity contribution < 1.29 is 0 Å². The van der Waals surface area contributed by atoms with Crippen molar-refractivity contribution >= 4 is 38.1 Å². The Bertz CT molecular complexity index is 500. The summed E-state index contributed by atoms with van der Waals surface area (Å²) in [6.07, 6.45) is 2.47. The van der Waals surface area contributed by atoms with E-state index in [0.29, 0.717) is 13.0 Å². The number of hydrogen-bond acceptors (Lipinski definition) is 5. The monoisotopic (exact) mass is 312 g/mol. The molecule has 0 bridgehead atoms. The molecule has 2 N–H and O–H groups in total. The summed E-state index contributed by atoms with van der Waals surface area (Å²) in [7, 11) is 1.99. The normalized spacial score (nSPS) is 10.5.